The molecule has 0 aromatic heterocycles. The van der Waals surface area contributed by atoms with Crippen molar-refractivity contribution in [3.8, 4) is 0 Å². The molecular formula is C19H34N2. The Kier molecular flexibility index (Phi) is 7.41. The molecule has 21 heavy (non-hydrogen) atoms. The van der Waals surface area contributed by atoms with Crippen LogP contribution in [0.5, 0.6) is 0 Å². The van der Waals surface area contributed by atoms with Crippen molar-refractivity contribution in [1.82, 2.24) is 10.2 Å². The van der Waals surface area contributed by atoms with Crippen LogP contribution < -0.4 is 5.32 Å². The molecule has 0 saturated carbocycles. The van der Waals surface area contributed by atoms with Gasteiger partial charge in [0.25, 0.3) is 0 Å². The molecule has 0 aliphatic rings. The third-order valence-electron chi connectivity index (χ3n) is 4.48. The third-order valence-corrected chi connectivity index (χ3v) is 4.48. The van der Waals surface area contributed by atoms with Crippen LogP contribution in [0.15, 0.2) is 30.3 Å². The average molecular weight is 290 g/mol. The highest BCUT2D eigenvalue weighted by Crippen LogP contribution is 2.25. The smallest absolute Gasteiger partial charge is 0.0177 e. The molecule has 0 saturated heterocycles. The van der Waals surface area contributed by atoms with Gasteiger partial charge in [0, 0.05) is 24.5 Å². The molecule has 1 rings (SSSR count). The van der Waals surface area contributed by atoms with Crippen molar-refractivity contribution in [2.75, 3.05) is 26.7 Å². The van der Waals surface area contributed by atoms with Gasteiger partial charge in [-0.25, -0.2) is 0 Å². The quantitative estimate of drug-likeness (QED) is 0.741. The Morgan fingerprint density at radius 1 is 1.14 bits per heavy atom. The van der Waals surface area contributed by atoms with Crippen molar-refractivity contribution in [2.45, 2.75) is 52.5 Å². The van der Waals surface area contributed by atoms with E-state index >= 15 is 0 Å². The lowest BCUT2D eigenvalue weighted by atomic mass is 9.81. The minimum absolute atomic E-state index is 0.147. The Morgan fingerprint density at radius 2 is 1.76 bits per heavy atom. The highest BCUT2D eigenvalue weighted by atomic mass is 15.1. The van der Waals surface area contributed by atoms with Gasteiger partial charge in [-0.3, -0.25) is 0 Å². The zero-order valence-electron chi connectivity index (χ0n) is 14.8. The van der Waals surface area contributed by atoms with Crippen LogP contribution >= 0.6 is 0 Å². The van der Waals surface area contributed by atoms with Crippen molar-refractivity contribution in [3.63, 3.8) is 0 Å². The maximum atomic E-state index is 3.66. The van der Waals surface area contributed by atoms with Gasteiger partial charge in [0.1, 0.15) is 0 Å². The standard InChI is InChI=1S/C19H34N2/c1-7-17(4)21(6)15-19(5,14-20-13-16(2)3)18-11-9-8-10-12-18/h8-12,16-17,20H,7,13-15H2,1-6H3. The fraction of sp³-hybridized carbons (Fsp3) is 0.684. The highest BCUT2D eigenvalue weighted by Gasteiger charge is 2.29. The number of rotatable bonds is 9. The molecule has 2 unspecified atom stereocenters. The van der Waals surface area contributed by atoms with Crippen LogP contribution in [0.3, 0.4) is 0 Å². The molecule has 2 heteroatoms. The first kappa shape index (κ1) is 18.2. The molecule has 0 spiro atoms. The SMILES string of the molecule is CCC(C)N(C)CC(C)(CNCC(C)C)c1ccccc1. The zero-order chi connectivity index (χ0) is 15.9. The maximum Gasteiger partial charge on any atom is 0.0177 e. The number of benzene rings is 1. The van der Waals surface area contributed by atoms with E-state index in [4.69, 9.17) is 0 Å². The second-order valence-electron chi connectivity index (χ2n) is 7.12. The van der Waals surface area contributed by atoms with Crippen LogP contribution in [0.4, 0.5) is 0 Å². The van der Waals surface area contributed by atoms with Gasteiger partial charge < -0.3 is 10.2 Å². The van der Waals surface area contributed by atoms with Crippen LogP contribution in [0.1, 0.15) is 46.6 Å². The Balaban J connectivity index is 2.83. The fourth-order valence-electron chi connectivity index (χ4n) is 2.74. The molecule has 1 aromatic rings. The molecule has 1 N–H and O–H groups in total. The lowest BCUT2D eigenvalue weighted by Crippen LogP contribution is -2.47. The van der Waals surface area contributed by atoms with Crippen molar-refractivity contribution in [3.05, 3.63) is 35.9 Å². The fourth-order valence-corrected chi connectivity index (χ4v) is 2.74. The normalized spacial score (nSPS) is 16.2. The number of nitrogens with one attached hydrogen (secondary N) is 1. The molecule has 0 amide bonds. The first-order valence-corrected chi connectivity index (χ1v) is 8.35. The first-order valence-electron chi connectivity index (χ1n) is 8.35. The summed E-state index contributed by atoms with van der Waals surface area (Å²) in [7, 11) is 2.25. The van der Waals surface area contributed by atoms with Gasteiger partial charge in [0.05, 0.1) is 0 Å². The van der Waals surface area contributed by atoms with Gasteiger partial charge in [-0.1, -0.05) is 58.0 Å². The van der Waals surface area contributed by atoms with Crippen LogP contribution in [-0.2, 0) is 5.41 Å². The van der Waals surface area contributed by atoms with Gasteiger partial charge in [-0.05, 0) is 38.4 Å². The molecule has 1 aromatic carbocycles. The summed E-state index contributed by atoms with van der Waals surface area (Å²) in [6.45, 7) is 14.7. The van der Waals surface area contributed by atoms with E-state index in [9.17, 15) is 0 Å². The number of nitrogens with zero attached hydrogens (tertiary/aromatic N) is 1. The Labute approximate surface area is 131 Å². The summed E-state index contributed by atoms with van der Waals surface area (Å²) in [5.74, 6) is 0.692. The molecule has 120 valence electrons. The monoisotopic (exact) mass is 290 g/mol. The summed E-state index contributed by atoms with van der Waals surface area (Å²) in [6.07, 6.45) is 1.20. The van der Waals surface area contributed by atoms with E-state index < -0.39 is 0 Å². The largest absolute Gasteiger partial charge is 0.316 e. The topological polar surface area (TPSA) is 15.3 Å². The summed E-state index contributed by atoms with van der Waals surface area (Å²) in [5.41, 5.74) is 1.57. The molecule has 0 radical (unpaired) electrons. The van der Waals surface area contributed by atoms with Gasteiger partial charge in [-0.15, -0.1) is 0 Å². The second kappa shape index (κ2) is 8.55. The Morgan fingerprint density at radius 3 is 2.29 bits per heavy atom. The summed E-state index contributed by atoms with van der Waals surface area (Å²) in [4.78, 5) is 2.49. The minimum Gasteiger partial charge on any atom is -0.316 e. The molecule has 0 heterocycles. The summed E-state index contributed by atoms with van der Waals surface area (Å²) in [6, 6.07) is 11.6. The predicted octanol–water partition coefficient (Wildman–Crippen LogP) is 3.92. The van der Waals surface area contributed by atoms with E-state index in [2.05, 4.69) is 82.2 Å². The lowest BCUT2D eigenvalue weighted by molar-refractivity contribution is 0.195. The molecular weight excluding hydrogens is 256 g/mol. The number of hydrogen-bond donors (Lipinski definition) is 1. The van der Waals surface area contributed by atoms with Crippen molar-refractivity contribution < 1.29 is 0 Å². The zero-order valence-corrected chi connectivity index (χ0v) is 14.8. The van der Waals surface area contributed by atoms with Crippen molar-refractivity contribution >= 4 is 0 Å². The summed E-state index contributed by atoms with van der Waals surface area (Å²) < 4.78 is 0. The molecule has 2 atom stereocenters. The molecule has 0 aliphatic carbocycles. The Bertz CT molecular complexity index is 388. The van der Waals surface area contributed by atoms with Crippen molar-refractivity contribution in [2.24, 2.45) is 5.92 Å². The highest BCUT2D eigenvalue weighted by molar-refractivity contribution is 5.25. The van der Waals surface area contributed by atoms with Gasteiger partial charge in [0.15, 0.2) is 0 Å². The van der Waals surface area contributed by atoms with E-state index in [0.717, 1.165) is 19.6 Å². The van der Waals surface area contributed by atoms with E-state index in [1.54, 1.807) is 0 Å². The Hall–Kier alpha value is -0.860. The molecule has 0 aliphatic heterocycles. The number of likely N-dealkylation sites (N-methyl/N-ethyl adjacent to an activating group) is 1. The second-order valence-corrected chi connectivity index (χ2v) is 7.12. The molecule has 0 fully saturated rings. The minimum atomic E-state index is 0.147. The van der Waals surface area contributed by atoms with Crippen LogP contribution in [0.25, 0.3) is 0 Å². The van der Waals surface area contributed by atoms with Crippen molar-refractivity contribution in [1.29, 1.82) is 0 Å². The molecule has 2 nitrogen and oxygen atoms in total. The van der Waals surface area contributed by atoms with Gasteiger partial charge >= 0.3 is 0 Å². The van der Waals surface area contributed by atoms with Crippen LogP contribution in [0.2, 0.25) is 0 Å². The van der Waals surface area contributed by atoms with E-state index in [1.165, 1.54) is 12.0 Å². The predicted molar refractivity (Wildman–Crippen MR) is 93.9 cm³/mol. The van der Waals surface area contributed by atoms with E-state index in [1.807, 2.05) is 0 Å². The maximum absolute atomic E-state index is 3.66. The molecule has 0 bridgehead atoms. The van der Waals surface area contributed by atoms with Crippen LogP contribution in [0, 0.1) is 5.92 Å². The average Bonchev–Trinajstić information content (AvgIpc) is 2.46. The van der Waals surface area contributed by atoms with E-state index in [0.29, 0.717) is 12.0 Å². The lowest BCUT2D eigenvalue weighted by Gasteiger charge is -2.37. The summed E-state index contributed by atoms with van der Waals surface area (Å²) in [5, 5.41) is 3.66. The first-order chi connectivity index (χ1) is 9.89. The number of hydrogen-bond acceptors (Lipinski definition) is 2. The van der Waals surface area contributed by atoms with Gasteiger partial charge in [0.2, 0.25) is 0 Å². The third kappa shape index (κ3) is 5.80. The van der Waals surface area contributed by atoms with Crippen LogP contribution in [-0.4, -0.2) is 37.6 Å². The summed E-state index contributed by atoms with van der Waals surface area (Å²) >= 11 is 0. The van der Waals surface area contributed by atoms with Gasteiger partial charge in [-0.2, -0.15) is 0 Å². The van der Waals surface area contributed by atoms with E-state index in [-0.39, 0.29) is 5.41 Å².